The lowest BCUT2D eigenvalue weighted by molar-refractivity contribution is 0.0109. The largest absolute Gasteiger partial charge is 0.379 e. The average molecular weight is 302 g/mol. The number of hydrogen-bond donors (Lipinski definition) is 1. The van der Waals surface area contributed by atoms with Crippen molar-refractivity contribution in [2.45, 2.75) is 26.2 Å². The van der Waals surface area contributed by atoms with Crippen LogP contribution in [0.25, 0.3) is 0 Å². The number of nitrogens with zero attached hydrogens (tertiary/aromatic N) is 1. The van der Waals surface area contributed by atoms with Crippen LogP contribution in [-0.4, -0.2) is 77.8 Å². The molecular weight excluding hydrogens is 268 g/mol. The third kappa shape index (κ3) is 10.2. The van der Waals surface area contributed by atoms with Gasteiger partial charge in [0.1, 0.15) is 0 Å². The van der Waals surface area contributed by atoms with Crippen molar-refractivity contribution in [3.05, 3.63) is 0 Å². The fourth-order valence-electron chi connectivity index (χ4n) is 2.55. The Morgan fingerprint density at radius 3 is 2.33 bits per heavy atom. The predicted molar refractivity (Wildman–Crippen MR) is 85.8 cm³/mol. The maximum atomic E-state index is 5.61. The molecule has 0 aromatic carbocycles. The van der Waals surface area contributed by atoms with Gasteiger partial charge in [-0.05, 0) is 38.9 Å². The molecule has 0 spiro atoms. The van der Waals surface area contributed by atoms with Gasteiger partial charge in [-0.3, -0.25) is 0 Å². The molecule has 0 aliphatic carbocycles. The van der Waals surface area contributed by atoms with E-state index in [0.717, 1.165) is 38.6 Å². The first kappa shape index (κ1) is 18.8. The van der Waals surface area contributed by atoms with Crippen molar-refractivity contribution >= 4 is 0 Å². The predicted octanol–water partition coefficient (Wildman–Crippen LogP) is 1.38. The van der Waals surface area contributed by atoms with Gasteiger partial charge in [0, 0.05) is 19.7 Å². The van der Waals surface area contributed by atoms with Crippen LogP contribution in [0.5, 0.6) is 0 Å². The van der Waals surface area contributed by atoms with E-state index in [1.54, 1.807) is 0 Å². The minimum absolute atomic E-state index is 0.666. The van der Waals surface area contributed by atoms with Crippen molar-refractivity contribution in [2.24, 2.45) is 5.92 Å². The van der Waals surface area contributed by atoms with E-state index in [2.05, 4.69) is 17.1 Å². The summed E-state index contributed by atoms with van der Waals surface area (Å²) in [5.41, 5.74) is 0. The lowest BCUT2D eigenvalue weighted by atomic mass is 10.1. The second-order valence-electron chi connectivity index (χ2n) is 5.70. The van der Waals surface area contributed by atoms with Crippen molar-refractivity contribution < 1.29 is 14.2 Å². The molecule has 126 valence electrons. The number of hydrogen-bond acceptors (Lipinski definition) is 5. The van der Waals surface area contributed by atoms with E-state index in [0.29, 0.717) is 26.4 Å². The van der Waals surface area contributed by atoms with E-state index in [9.17, 15) is 0 Å². The summed E-state index contributed by atoms with van der Waals surface area (Å²) in [6.45, 7) is 11.1. The van der Waals surface area contributed by atoms with Crippen molar-refractivity contribution in [2.75, 3.05) is 72.9 Å². The molecule has 1 N–H and O–H groups in total. The molecule has 1 aliphatic heterocycles. The fourth-order valence-corrected chi connectivity index (χ4v) is 2.55. The Hall–Kier alpha value is -0.200. The Morgan fingerprint density at radius 1 is 1.00 bits per heavy atom. The van der Waals surface area contributed by atoms with Crippen LogP contribution in [0, 0.1) is 5.92 Å². The van der Waals surface area contributed by atoms with Gasteiger partial charge in [0.15, 0.2) is 0 Å². The summed E-state index contributed by atoms with van der Waals surface area (Å²) in [6, 6.07) is 0. The van der Waals surface area contributed by atoms with Crippen LogP contribution in [0.1, 0.15) is 26.2 Å². The summed E-state index contributed by atoms with van der Waals surface area (Å²) in [6.07, 6.45) is 3.62. The molecule has 1 atom stereocenters. The highest BCUT2D eigenvalue weighted by atomic mass is 16.5. The zero-order chi connectivity index (χ0) is 15.2. The van der Waals surface area contributed by atoms with Gasteiger partial charge in [-0.25, -0.2) is 0 Å². The second kappa shape index (κ2) is 13.5. The van der Waals surface area contributed by atoms with E-state index < -0.39 is 0 Å². The van der Waals surface area contributed by atoms with E-state index in [4.69, 9.17) is 14.2 Å². The van der Waals surface area contributed by atoms with Crippen LogP contribution >= 0.6 is 0 Å². The Morgan fingerprint density at radius 2 is 1.67 bits per heavy atom. The summed E-state index contributed by atoms with van der Waals surface area (Å²) in [5, 5.41) is 3.26. The standard InChI is InChI=1S/C16H34N2O3/c1-3-4-8-19-10-12-21-13-11-20-9-7-18-6-5-16(15-18)14-17-2/h16-17H,3-15H2,1-2H3. The minimum atomic E-state index is 0.666. The van der Waals surface area contributed by atoms with Gasteiger partial charge in [-0.2, -0.15) is 0 Å². The molecule has 1 fully saturated rings. The first-order valence-electron chi connectivity index (χ1n) is 8.47. The summed E-state index contributed by atoms with van der Waals surface area (Å²) < 4.78 is 16.5. The molecule has 5 heteroatoms. The van der Waals surface area contributed by atoms with Gasteiger partial charge in [0.25, 0.3) is 0 Å². The molecule has 0 aromatic rings. The minimum Gasteiger partial charge on any atom is -0.379 e. The third-order valence-electron chi connectivity index (χ3n) is 3.80. The van der Waals surface area contributed by atoms with Crippen molar-refractivity contribution in [1.82, 2.24) is 10.2 Å². The van der Waals surface area contributed by atoms with Crippen molar-refractivity contribution in [3.63, 3.8) is 0 Å². The molecule has 0 saturated carbocycles. The first-order valence-corrected chi connectivity index (χ1v) is 8.47. The van der Waals surface area contributed by atoms with Crippen LogP contribution in [0.2, 0.25) is 0 Å². The summed E-state index contributed by atoms with van der Waals surface area (Å²) >= 11 is 0. The van der Waals surface area contributed by atoms with Crippen molar-refractivity contribution in [1.29, 1.82) is 0 Å². The molecule has 0 aromatic heterocycles. The smallest absolute Gasteiger partial charge is 0.0701 e. The van der Waals surface area contributed by atoms with Gasteiger partial charge in [-0.15, -0.1) is 0 Å². The molecule has 0 radical (unpaired) electrons. The number of nitrogens with one attached hydrogen (secondary N) is 1. The lowest BCUT2D eigenvalue weighted by Gasteiger charge is -2.16. The van der Waals surface area contributed by atoms with Crippen molar-refractivity contribution in [3.8, 4) is 0 Å². The van der Waals surface area contributed by atoms with E-state index in [1.165, 1.54) is 25.9 Å². The van der Waals surface area contributed by atoms with Gasteiger partial charge in [0.05, 0.1) is 33.0 Å². The van der Waals surface area contributed by atoms with E-state index >= 15 is 0 Å². The highest BCUT2D eigenvalue weighted by Crippen LogP contribution is 2.14. The number of ether oxygens (including phenoxy) is 3. The number of rotatable bonds is 14. The normalized spacial score (nSPS) is 19.4. The Kier molecular flexibility index (Phi) is 12.1. The number of likely N-dealkylation sites (tertiary alicyclic amines) is 1. The Labute approximate surface area is 130 Å². The molecule has 5 nitrogen and oxygen atoms in total. The molecular formula is C16H34N2O3. The van der Waals surface area contributed by atoms with E-state index in [1.807, 2.05) is 7.05 Å². The lowest BCUT2D eigenvalue weighted by Crippen LogP contribution is -2.27. The van der Waals surface area contributed by atoms with Crippen LogP contribution in [-0.2, 0) is 14.2 Å². The molecule has 1 rings (SSSR count). The topological polar surface area (TPSA) is 43.0 Å². The maximum absolute atomic E-state index is 5.61. The summed E-state index contributed by atoms with van der Waals surface area (Å²) in [5.74, 6) is 0.811. The van der Waals surface area contributed by atoms with Crippen LogP contribution in [0.15, 0.2) is 0 Å². The molecule has 1 aliphatic rings. The molecule has 0 bridgehead atoms. The molecule has 1 unspecified atom stereocenters. The quantitative estimate of drug-likeness (QED) is 0.491. The van der Waals surface area contributed by atoms with Crippen LogP contribution in [0.3, 0.4) is 0 Å². The fraction of sp³-hybridized carbons (Fsp3) is 1.00. The zero-order valence-electron chi connectivity index (χ0n) is 13.9. The zero-order valence-corrected chi connectivity index (χ0v) is 13.9. The Balaban J connectivity index is 1.77. The molecule has 21 heavy (non-hydrogen) atoms. The van der Waals surface area contributed by atoms with Gasteiger partial charge < -0.3 is 24.4 Å². The monoisotopic (exact) mass is 302 g/mol. The average Bonchev–Trinajstić information content (AvgIpc) is 2.93. The highest BCUT2D eigenvalue weighted by molar-refractivity contribution is 4.76. The maximum Gasteiger partial charge on any atom is 0.0701 e. The van der Waals surface area contributed by atoms with Gasteiger partial charge in [0.2, 0.25) is 0 Å². The third-order valence-corrected chi connectivity index (χ3v) is 3.80. The van der Waals surface area contributed by atoms with Crippen LogP contribution in [0.4, 0.5) is 0 Å². The summed E-state index contributed by atoms with van der Waals surface area (Å²) in [4.78, 5) is 2.49. The second-order valence-corrected chi connectivity index (χ2v) is 5.70. The Bertz CT molecular complexity index is 230. The van der Waals surface area contributed by atoms with Crippen LogP contribution < -0.4 is 5.32 Å². The van der Waals surface area contributed by atoms with E-state index in [-0.39, 0.29) is 0 Å². The highest BCUT2D eigenvalue weighted by Gasteiger charge is 2.20. The number of unbranched alkanes of at least 4 members (excludes halogenated alkanes) is 1. The molecule has 0 amide bonds. The molecule has 1 heterocycles. The van der Waals surface area contributed by atoms with Gasteiger partial charge >= 0.3 is 0 Å². The first-order chi connectivity index (χ1) is 10.4. The SMILES string of the molecule is CCCCOCCOCCOCCN1CCC(CNC)C1. The summed E-state index contributed by atoms with van der Waals surface area (Å²) in [7, 11) is 2.03. The molecule has 1 saturated heterocycles. The van der Waals surface area contributed by atoms with Gasteiger partial charge in [-0.1, -0.05) is 13.3 Å².